The van der Waals surface area contributed by atoms with Gasteiger partial charge in [0.1, 0.15) is 23.8 Å². The molecule has 170 valence electrons. The van der Waals surface area contributed by atoms with Gasteiger partial charge in [-0.3, -0.25) is 10.3 Å². The summed E-state index contributed by atoms with van der Waals surface area (Å²) < 4.78 is 21.1. The Morgan fingerprint density at radius 2 is 2.00 bits per heavy atom. The summed E-state index contributed by atoms with van der Waals surface area (Å²) in [5.41, 5.74) is 0.641. The van der Waals surface area contributed by atoms with Crippen molar-refractivity contribution in [3.63, 3.8) is 0 Å². The topological polar surface area (TPSA) is 70.6 Å². The Morgan fingerprint density at radius 1 is 1.29 bits per heavy atom. The molecular weight excluding hydrogens is 437 g/mol. The zero-order chi connectivity index (χ0) is 21.7. The molecule has 7 nitrogen and oxygen atoms in total. The molecule has 0 radical (unpaired) electrons. The molecule has 0 aliphatic carbocycles. The van der Waals surface area contributed by atoms with E-state index in [1.807, 2.05) is 18.9 Å². The number of anilines is 1. The maximum atomic E-state index is 13.3. The summed E-state index contributed by atoms with van der Waals surface area (Å²) >= 11 is 1.21. The van der Waals surface area contributed by atoms with Crippen molar-refractivity contribution in [1.82, 2.24) is 19.2 Å². The molecule has 0 saturated carbocycles. The van der Waals surface area contributed by atoms with Gasteiger partial charge in [-0.25, -0.2) is 18.5 Å². The second kappa shape index (κ2) is 11.0. The first-order chi connectivity index (χ1) is 14.3. The van der Waals surface area contributed by atoms with Crippen LogP contribution < -0.4 is 9.50 Å². The minimum atomic E-state index is -0.322. The van der Waals surface area contributed by atoms with Crippen LogP contribution in [0.1, 0.15) is 32.4 Å². The number of likely N-dealkylation sites (tertiary alicyclic amines) is 1. The molecule has 0 atom stereocenters. The summed E-state index contributed by atoms with van der Waals surface area (Å²) in [6, 6.07) is 5.96. The number of piperidine rings is 1. The van der Waals surface area contributed by atoms with E-state index in [0.29, 0.717) is 30.6 Å². The lowest BCUT2D eigenvalue weighted by Crippen LogP contribution is -2.50. The number of nitrogens with zero attached hydrogens (tertiary/aromatic N) is 4. The summed E-state index contributed by atoms with van der Waals surface area (Å²) in [4.78, 5) is 22.6. The number of aromatic nitrogens is 2. The van der Waals surface area contributed by atoms with Crippen LogP contribution in [-0.4, -0.2) is 50.9 Å². The van der Waals surface area contributed by atoms with Gasteiger partial charge in [0, 0.05) is 31.7 Å². The number of carbonyl (C=O) groups is 1. The number of aryl methyl sites for hydroxylation is 1. The van der Waals surface area contributed by atoms with Crippen LogP contribution in [0, 0.1) is 18.7 Å². The highest BCUT2D eigenvalue weighted by Crippen LogP contribution is 2.36. The van der Waals surface area contributed by atoms with Gasteiger partial charge >= 0.3 is 6.03 Å². The van der Waals surface area contributed by atoms with Gasteiger partial charge in [0.15, 0.2) is 5.82 Å². The molecule has 1 aliphatic heterocycles. The number of hydrogen-bond acceptors (Lipinski definition) is 6. The zero-order valence-electron chi connectivity index (χ0n) is 18.3. The number of nitrogens with one attached hydrogen (secondary N) is 1. The smallest absolute Gasteiger partial charge is 0.323 e. The van der Waals surface area contributed by atoms with Gasteiger partial charge in [0.2, 0.25) is 0 Å². The van der Waals surface area contributed by atoms with Gasteiger partial charge in [0.05, 0.1) is 18.1 Å². The molecule has 0 bridgehead atoms. The average Bonchev–Trinajstić information content (AvgIpc) is 2.73. The fraction of sp³-hybridized carbons (Fsp3) is 0.476. The highest BCUT2D eigenvalue weighted by Gasteiger charge is 2.37. The second-order valence-corrected chi connectivity index (χ2v) is 8.86. The molecule has 0 unspecified atom stereocenters. The van der Waals surface area contributed by atoms with Crippen molar-refractivity contribution in [2.24, 2.45) is 5.92 Å². The largest absolute Gasteiger partial charge is 0.409 e. The number of urea groups is 1. The van der Waals surface area contributed by atoms with Crippen LogP contribution in [0.25, 0.3) is 0 Å². The average molecular weight is 468 g/mol. The fourth-order valence-electron chi connectivity index (χ4n) is 3.41. The molecule has 1 fully saturated rings. The van der Waals surface area contributed by atoms with E-state index in [9.17, 15) is 9.18 Å². The molecule has 1 N–H and O–H groups in total. The molecule has 2 aromatic rings. The third-order valence-electron chi connectivity index (χ3n) is 5.65. The third-order valence-corrected chi connectivity index (χ3v) is 6.61. The molecule has 0 spiro atoms. The van der Waals surface area contributed by atoms with Crippen molar-refractivity contribution in [3.05, 3.63) is 48.2 Å². The quantitative estimate of drug-likeness (QED) is 0.493. The SMILES string of the molecule is Cc1cnc(NC(=O)N2CCC(C(C)(C)N(C)SOc3cccc(F)c3)CC2)cn1.S. The van der Waals surface area contributed by atoms with E-state index in [1.54, 1.807) is 24.5 Å². The maximum Gasteiger partial charge on any atom is 0.323 e. The van der Waals surface area contributed by atoms with Crippen molar-refractivity contribution in [1.29, 1.82) is 0 Å². The number of carbonyl (C=O) groups excluding carboxylic acids is 1. The van der Waals surface area contributed by atoms with Gasteiger partial charge in [-0.2, -0.15) is 13.5 Å². The first-order valence-electron chi connectivity index (χ1n) is 9.94. The monoisotopic (exact) mass is 467 g/mol. The van der Waals surface area contributed by atoms with Crippen molar-refractivity contribution in [3.8, 4) is 5.75 Å². The highest BCUT2D eigenvalue weighted by atomic mass is 32.2. The van der Waals surface area contributed by atoms with Gasteiger partial charge in [-0.15, -0.1) is 0 Å². The van der Waals surface area contributed by atoms with Gasteiger partial charge < -0.3 is 9.08 Å². The summed E-state index contributed by atoms with van der Waals surface area (Å²) in [5.74, 6) is 0.999. The molecule has 2 amide bonds. The summed E-state index contributed by atoms with van der Waals surface area (Å²) in [6.45, 7) is 7.52. The lowest BCUT2D eigenvalue weighted by molar-refractivity contribution is 0.106. The first-order valence-corrected chi connectivity index (χ1v) is 10.6. The number of hydrogen-bond donors (Lipinski definition) is 1. The van der Waals surface area contributed by atoms with Crippen molar-refractivity contribution < 1.29 is 13.4 Å². The van der Waals surface area contributed by atoms with Crippen molar-refractivity contribution in [2.45, 2.75) is 39.2 Å². The van der Waals surface area contributed by atoms with Gasteiger partial charge in [0.25, 0.3) is 0 Å². The van der Waals surface area contributed by atoms with E-state index >= 15 is 0 Å². The number of rotatable bonds is 6. The van der Waals surface area contributed by atoms with Crippen molar-refractivity contribution >= 4 is 37.6 Å². The van der Waals surface area contributed by atoms with E-state index in [-0.39, 0.29) is 30.9 Å². The predicted molar refractivity (Wildman–Crippen MR) is 127 cm³/mol. The normalized spacial score (nSPS) is 14.8. The molecule has 2 heterocycles. The number of halogens is 1. The Labute approximate surface area is 194 Å². The molecule has 31 heavy (non-hydrogen) atoms. The number of amides is 2. The highest BCUT2D eigenvalue weighted by molar-refractivity contribution is 7.92. The third kappa shape index (κ3) is 6.72. The van der Waals surface area contributed by atoms with Gasteiger partial charge in [-0.1, -0.05) is 6.07 Å². The Kier molecular flexibility index (Phi) is 8.96. The minimum Gasteiger partial charge on any atom is -0.409 e. The van der Waals surface area contributed by atoms with Crippen molar-refractivity contribution in [2.75, 3.05) is 25.5 Å². The van der Waals surface area contributed by atoms with Crippen LogP contribution in [0.4, 0.5) is 15.0 Å². The zero-order valence-corrected chi connectivity index (χ0v) is 20.1. The minimum absolute atomic E-state index is 0. The van der Waals surface area contributed by atoms with Crippen LogP contribution >= 0.6 is 25.7 Å². The lowest BCUT2D eigenvalue weighted by atomic mass is 9.80. The molecule has 3 rings (SSSR count). The maximum absolute atomic E-state index is 13.3. The van der Waals surface area contributed by atoms with Gasteiger partial charge in [-0.05, 0) is 51.7 Å². The van der Waals surface area contributed by atoms with E-state index in [4.69, 9.17) is 4.18 Å². The predicted octanol–water partition coefficient (Wildman–Crippen LogP) is 4.63. The molecule has 1 aliphatic rings. The summed E-state index contributed by atoms with van der Waals surface area (Å²) in [5, 5.41) is 2.81. The van der Waals surface area contributed by atoms with Crippen LogP contribution in [0.5, 0.6) is 5.75 Å². The molecule has 1 aromatic carbocycles. The van der Waals surface area contributed by atoms with E-state index < -0.39 is 0 Å². The van der Waals surface area contributed by atoms with E-state index in [0.717, 1.165) is 18.5 Å². The van der Waals surface area contributed by atoms with E-state index in [1.165, 1.54) is 24.4 Å². The number of benzene rings is 1. The van der Waals surface area contributed by atoms with Crippen LogP contribution in [0.2, 0.25) is 0 Å². The molecular formula is C21H30FN5O2S2. The summed E-state index contributed by atoms with van der Waals surface area (Å²) in [6.07, 6.45) is 4.95. The summed E-state index contributed by atoms with van der Waals surface area (Å²) in [7, 11) is 1.97. The Morgan fingerprint density at radius 3 is 2.61 bits per heavy atom. The molecule has 10 heteroatoms. The Bertz CT molecular complexity index is 861. The standard InChI is InChI=1S/C21H28FN5O2S.H2S/c1-15-13-24-19(14-23-15)25-20(28)27-10-8-16(9-11-27)21(2,3)26(4)30-29-18-7-5-6-17(22)12-18;/h5-7,12-14,16H,8-11H2,1-4H3,(H,24,25,28);1H2. The Hall–Kier alpha value is -2.04. The second-order valence-electron chi connectivity index (χ2n) is 8.00. The van der Waals surface area contributed by atoms with Crippen LogP contribution in [0.15, 0.2) is 36.7 Å². The van der Waals surface area contributed by atoms with Crippen LogP contribution in [-0.2, 0) is 0 Å². The first kappa shape index (κ1) is 25.2. The lowest BCUT2D eigenvalue weighted by Gasteiger charge is -2.44. The fourth-order valence-corrected chi connectivity index (χ4v) is 4.05. The van der Waals surface area contributed by atoms with E-state index in [2.05, 4.69) is 33.4 Å². The Balaban J connectivity index is 0.00000341. The molecule has 1 aromatic heterocycles. The molecule has 1 saturated heterocycles. The van der Waals surface area contributed by atoms with Crippen LogP contribution in [0.3, 0.4) is 0 Å².